The maximum Gasteiger partial charge on any atom is 0.329 e. The lowest BCUT2D eigenvalue weighted by Crippen LogP contribution is -2.20. The number of carbonyl (C=O) groups is 2. The number of rotatable bonds is 7. The van der Waals surface area contributed by atoms with E-state index in [-0.39, 0.29) is 6.61 Å². The summed E-state index contributed by atoms with van der Waals surface area (Å²) in [5.41, 5.74) is 0.488. The molecule has 7 heteroatoms. The Kier molecular flexibility index (Phi) is 5.59. The number of aliphatic carboxylic acids is 1. The van der Waals surface area contributed by atoms with Gasteiger partial charge in [-0.15, -0.1) is 0 Å². The van der Waals surface area contributed by atoms with Gasteiger partial charge in [0.2, 0.25) is 11.8 Å². The Bertz CT molecular complexity index is 404. The molecule has 1 aromatic rings. The molecule has 0 aliphatic rings. The number of nitrogens with one attached hydrogen (secondary N) is 1. The molecular formula is C11H14N2O5. The van der Waals surface area contributed by atoms with Gasteiger partial charge in [-0.3, -0.25) is 4.79 Å². The smallest absolute Gasteiger partial charge is 0.329 e. The molecule has 0 spiro atoms. The average molecular weight is 254 g/mol. The Morgan fingerprint density at radius 2 is 2.17 bits per heavy atom. The van der Waals surface area contributed by atoms with E-state index in [1.54, 1.807) is 12.1 Å². The average Bonchev–Trinajstić information content (AvgIpc) is 2.31. The van der Waals surface area contributed by atoms with Crippen LogP contribution in [0.2, 0.25) is 0 Å². The van der Waals surface area contributed by atoms with Gasteiger partial charge in [-0.05, 0) is 13.0 Å². The summed E-state index contributed by atoms with van der Waals surface area (Å²) in [6.45, 7) is 1.54. The monoisotopic (exact) mass is 254 g/mol. The minimum absolute atomic E-state index is 0.320. The van der Waals surface area contributed by atoms with E-state index in [0.29, 0.717) is 18.2 Å². The first kappa shape index (κ1) is 13.9. The van der Waals surface area contributed by atoms with Gasteiger partial charge in [0.1, 0.15) is 13.2 Å². The zero-order valence-corrected chi connectivity index (χ0v) is 9.88. The Hall–Kier alpha value is -2.15. The highest BCUT2D eigenvalue weighted by Crippen LogP contribution is 2.11. The second-order valence-corrected chi connectivity index (χ2v) is 3.25. The van der Waals surface area contributed by atoms with E-state index in [0.717, 1.165) is 0 Å². The van der Waals surface area contributed by atoms with Crippen molar-refractivity contribution < 1.29 is 24.2 Å². The van der Waals surface area contributed by atoms with Crippen molar-refractivity contribution in [1.29, 1.82) is 0 Å². The van der Waals surface area contributed by atoms with Crippen LogP contribution >= 0.6 is 0 Å². The van der Waals surface area contributed by atoms with Crippen molar-refractivity contribution >= 4 is 17.6 Å². The number of aromatic nitrogens is 1. The van der Waals surface area contributed by atoms with E-state index < -0.39 is 18.5 Å². The van der Waals surface area contributed by atoms with Crippen molar-refractivity contribution in [3.63, 3.8) is 0 Å². The Labute approximate surface area is 104 Å². The standard InChI is InChI=1S/C11H14N2O5/c1-2-18-10-4-3-8(5-12-10)13-9(14)6-17-7-11(15)16/h3-5H,2,6-7H2,1H3,(H,13,14)(H,15,16). The van der Waals surface area contributed by atoms with Crippen LogP contribution in [-0.4, -0.2) is 41.8 Å². The van der Waals surface area contributed by atoms with Crippen LogP contribution in [0.5, 0.6) is 5.88 Å². The lowest BCUT2D eigenvalue weighted by molar-refractivity contribution is -0.143. The molecule has 0 radical (unpaired) electrons. The third-order valence-electron chi connectivity index (χ3n) is 1.77. The lowest BCUT2D eigenvalue weighted by Gasteiger charge is -2.06. The Morgan fingerprint density at radius 1 is 1.39 bits per heavy atom. The van der Waals surface area contributed by atoms with Gasteiger partial charge in [0.25, 0.3) is 0 Å². The van der Waals surface area contributed by atoms with E-state index in [9.17, 15) is 9.59 Å². The molecule has 18 heavy (non-hydrogen) atoms. The largest absolute Gasteiger partial charge is 0.480 e. The number of anilines is 1. The summed E-state index contributed by atoms with van der Waals surface area (Å²) >= 11 is 0. The summed E-state index contributed by atoms with van der Waals surface area (Å²) in [4.78, 5) is 25.4. The van der Waals surface area contributed by atoms with Crippen LogP contribution < -0.4 is 10.1 Å². The third kappa shape index (κ3) is 5.26. The molecule has 1 aromatic heterocycles. The molecule has 2 N–H and O–H groups in total. The number of amides is 1. The summed E-state index contributed by atoms with van der Waals surface area (Å²) in [5, 5.41) is 10.8. The van der Waals surface area contributed by atoms with Crippen LogP contribution in [0.25, 0.3) is 0 Å². The molecule has 0 fully saturated rings. The van der Waals surface area contributed by atoms with Gasteiger partial charge >= 0.3 is 5.97 Å². The van der Waals surface area contributed by atoms with Crippen molar-refractivity contribution in [1.82, 2.24) is 4.98 Å². The normalized spacial score (nSPS) is 9.83. The molecular weight excluding hydrogens is 240 g/mol. The zero-order valence-electron chi connectivity index (χ0n) is 9.88. The second kappa shape index (κ2) is 7.23. The maximum absolute atomic E-state index is 11.3. The number of hydrogen-bond acceptors (Lipinski definition) is 5. The van der Waals surface area contributed by atoms with Gasteiger partial charge in [-0.25, -0.2) is 9.78 Å². The SMILES string of the molecule is CCOc1ccc(NC(=O)COCC(=O)O)cn1. The van der Waals surface area contributed by atoms with Crippen LogP contribution in [0.4, 0.5) is 5.69 Å². The van der Waals surface area contributed by atoms with Crippen LogP contribution in [-0.2, 0) is 14.3 Å². The molecule has 1 rings (SSSR count). The van der Waals surface area contributed by atoms with Crippen LogP contribution in [0.15, 0.2) is 18.3 Å². The number of pyridine rings is 1. The van der Waals surface area contributed by atoms with Gasteiger partial charge in [0, 0.05) is 6.07 Å². The Morgan fingerprint density at radius 3 is 2.72 bits per heavy atom. The van der Waals surface area contributed by atoms with Gasteiger partial charge < -0.3 is 19.9 Å². The molecule has 98 valence electrons. The fraction of sp³-hybridized carbons (Fsp3) is 0.364. The molecule has 0 aliphatic heterocycles. The highest BCUT2D eigenvalue weighted by atomic mass is 16.5. The Balaban J connectivity index is 2.37. The molecule has 1 heterocycles. The van der Waals surface area contributed by atoms with E-state index in [4.69, 9.17) is 9.84 Å². The fourth-order valence-electron chi connectivity index (χ4n) is 1.12. The summed E-state index contributed by atoms with van der Waals surface area (Å²) < 4.78 is 9.78. The molecule has 7 nitrogen and oxygen atoms in total. The van der Waals surface area contributed by atoms with Gasteiger partial charge in [0.05, 0.1) is 18.5 Å². The molecule has 0 bridgehead atoms. The summed E-state index contributed by atoms with van der Waals surface area (Å²) in [5.74, 6) is -1.09. The van der Waals surface area contributed by atoms with E-state index in [2.05, 4.69) is 15.0 Å². The first-order chi connectivity index (χ1) is 8.61. The molecule has 0 aromatic carbocycles. The van der Waals surface area contributed by atoms with Crippen LogP contribution in [0.3, 0.4) is 0 Å². The topological polar surface area (TPSA) is 97.8 Å². The number of carbonyl (C=O) groups excluding carboxylic acids is 1. The van der Waals surface area contributed by atoms with Crippen molar-refractivity contribution in [2.45, 2.75) is 6.92 Å². The van der Waals surface area contributed by atoms with Gasteiger partial charge in [-0.2, -0.15) is 0 Å². The molecule has 0 saturated heterocycles. The first-order valence-corrected chi connectivity index (χ1v) is 5.30. The molecule has 1 amide bonds. The number of carboxylic acids is 1. The maximum atomic E-state index is 11.3. The third-order valence-corrected chi connectivity index (χ3v) is 1.77. The van der Waals surface area contributed by atoms with E-state index >= 15 is 0 Å². The molecule has 0 aliphatic carbocycles. The van der Waals surface area contributed by atoms with Crippen molar-refractivity contribution in [2.24, 2.45) is 0 Å². The van der Waals surface area contributed by atoms with Crippen molar-refractivity contribution in [3.8, 4) is 5.88 Å². The number of hydrogen-bond donors (Lipinski definition) is 2. The zero-order chi connectivity index (χ0) is 13.4. The van der Waals surface area contributed by atoms with E-state index in [1.165, 1.54) is 6.20 Å². The number of ether oxygens (including phenoxy) is 2. The summed E-state index contributed by atoms with van der Waals surface area (Å²) in [6.07, 6.45) is 1.44. The van der Waals surface area contributed by atoms with Crippen molar-refractivity contribution in [3.05, 3.63) is 18.3 Å². The second-order valence-electron chi connectivity index (χ2n) is 3.25. The summed E-state index contributed by atoms with van der Waals surface area (Å²) in [7, 11) is 0. The number of carboxylic acid groups (broad SMARTS) is 1. The van der Waals surface area contributed by atoms with E-state index in [1.807, 2.05) is 6.92 Å². The van der Waals surface area contributed by atoms with Crippen LogP contribution in [0.1, 0.15) is 6.92 Å². The summed E-state index contributed by atoms with van der Waals surface area (Å²) in [6, 6.07) is 3.25. The first-order valence-electron chi connectivity index (χ1n) is 5.30. The van der Waals surface area contributed by atoms with Gasteiger partial charge in [0.15, 0.2) is 0 Å². The van der Waals surface area contributed by atoms with Crippen molar-refractivity contribution in [2.75, 3.05) is 25.1 Å². The van der Waals surface area contributed by atoms with Gasteiger partial charge in [-0.1, -0.05) is 0 Å². The minimum Gasteiger partial charge on any atom is -0.480 e. The highest BCUT2D eigenvalue weighted by Gasteiger charge is 2.05. The highest BCUT2D eigenvalue weighted by molar-refractivity contribution is 5.91. The minimum atomic E-state index is -1.12. The van der Waals surface area contributed by atoms with Crippen LogP contribution in [0, 0.1) is 0 Å². The lowest BCUT2D eigenvalue weighted by atomic mass is 10.4. The molecule has 0 saturated carbocycles. The predicted molar refractivity (Wildman–Crippen MR) is 62.5 cm³/mol. The fourth-order valence-corrected chi connectivity index (χ4v) is 1.12. The molecule has 0 atom stereocenters. The quantitative estimate of drug-likeness (QED) is 0.736. The number of nitrogens with zero attached hydrogens (tertiary/aromatic N) is 1. The predicted octanol–water partition coefficient (Wildman–Crippen LogP) is 0.520. The molecule has 0 unspecified atom stereocenters.